The summed E-state index contributed by atoms with van der Waals surface area (Å²) in [6, 6.07) is 0.386. The summed E-state index contributed by atoms with van der Waals surface area (Å²) in [6.07, 6.45) is 10.8. The first kappa shape index (κ1) is 17.4. The van der Waals surface area contributed by atoms with E-state index in [-0.39, 0.29) is 29.3 Å². The highest BCUT2D eigenvalue weighted by atomic mass is 16.2. The summed E-state index contributed by atoms with van der Waals surface area (Å²) in [5.41, 5.74) is 0.683. The van der Waals surface area contributed by atoms with Gasteiger partial charge >= 0.3 is 0 Å². The first-order valence-electron chi connectivity index (χ1n) is 9.71. The van der Waals surface area contributed by atoms with Crippen LogP contribution in [0.4, 0.5) is 0 Å². The van der Waals surface area contributed by atoms with Gasteiger partial charge in [0.1, 0.15) is 0 Å². The highest BCUT2D eigenvalue weighted by Gasteiger charge is 2.47. The number of nitrogens with one attached hydrogen (secondary N) is 2. The molecule has 4 rings (SSSR count). The Bertz CT molecular complexity index is 657. The van der Waals surface area contributed by atoms with E-state index in [1.54, 1.807) is 18.6 Å². The highest BCUT2D eigenvalue weighted by molar-refractivity contribution is 5.84. The largest absolute Gasteiger partial charge is 0.353 e. The number of fused-ring (bicyclic) bond motifs is 2. The normalized spacial score (nSPS) is 32.5. The zero-order valence-electron chi connectivity index (χ0n) is 15.1. The molecular formula is C19H27N5O2. The molecule has 26 heavy (non-hydrogen) atoms. The van der Waals surface area contributed by atoms with Crippen LogP contribution < -0.4 is 10.6 Å². The lowest BCUT2D eigenvalue weighted by molar-refractivity contribution is -0.133. The SMILES string of the molecule is O=C(CCc1cnccn1)NC1CC(NC(=O)C23CCCN(CC2)C3)C1. The van der Waals surface area contributed by atoms with E-state index in [4.69, 9.17) is 0 Å². The van der Waals surface area contributed by atoms with Gasteiger partial charge in [0.05, 0.1) is 11.1 Å². The molecule has 1 aromatic heterocycles. The van der Waals surface area contributed by atoms with Crippen molar-refractivity contribution in [1.29, 1.82) is 0 Å². The summed E-state index contributed by atoms with van der Waals surface area (Å²) in [6.45, 7) is 3.12. The predicted molar refractivity (Wildman–Crippen MR) is 96.2 cm³/mol. The summed E-state index contributed by atoms with van der Waals surface area (Å²) in [5.74, 6) is 0.278. The van der Waals surface area contributed by atoms with E-state index in [1.807, 2.05) is 0 Å². The van der Waals surface area contributed by atoms with Crippen molar-refractivity contribution < 1.29 is 9.59 Å². The van der Waals surface area contributed by atoms with Crippen LogP contribution in [0.1, 0.15) is 44.2 Å². The quantitative estimate of drug-likeness (QED) is 0.781. The molecule has 0 aromatic carbocycles. The molecule has 2 saturated heterocycles. The summed E-state index contributed by atoms with van der Waals surface area (Å²) >= 11 is 0. The van der Waals surface area contributed by atoms with Crippen LogP contribution in [-0.2, 0) is 16.0 Å². The number of nitrogens with zero attached hydrogens (tertiary/aromatic N) is 3. The van der Waals surface area contributed by atoms with Gasteiger partial charge in [-0.3, -0.25) is 19.6 Å². The van der Waals surface area contributed by atoms with Gasteiger partial charge in [0, 0.05) is 43.6 Å². The van der Waals surface area contributed by atoms with E-state index in [0.717, 1.165) is 57.4 Å². The number of rotatable bonds is 6. The smallest absolute Gasteiger partial charge is 0.227 e. The Morgan fingerprint density at radius 2 is 2.00 bits per heavy atom. The van der Waals surface area contributed by atoms with Gasteiger partial charge in [-0.25, -0.2) is 0 Å². The first-order valence-corrected chi connectivity index (χ1v) is 9.71. The van der Waals surface area contributed by atoms with E-state index < -0.39 is 0 Å². The number of aryl methyl sites for hydroxylation is 1. The van der Waals surface area contributed by atoms with Crippen LogP contribution in [-0.4, -0.2) is 58.4 Å². The molecule has 0 spiro atoms. The lowest BCUT2D eigenvalue weighted by Gasteiger charge is -2.40. The fourth-order valence-electron chi connectivity index (χ4n) is 4.49. The van der Waals surface area contributed by atoms with Gasteiger partial charge < -0.3 is 15.5 Å². The van der Waals surface area contributed by atoms with E-state index in [2.05, 4.69) is 25.5 Å². The third-order valence-corrected chi connectivity index (χ3v) is 6.11. The number of hydrogen-bond donors (Lipinski definition) is 2. The Kier molecular flexibility index (Phi) is 4.89. The summed E-state index contributed by atoms with van der Waals surface area (Å²) in [7, 11) is 0. The van der Waals surface area contributed by atoms with Crippen LogP contribution in [0.2, 0.25) is 0 Å². The van der Waals surface area contributed by atoms with Crippen molar-refractivity contribution in [2.75, 3.05) is 19.6 Å². The lowest BCUT2D eigenvalue weighted by Crippen LogP contribution is -2.57. The van der Waals surface area contributed by atoms with Gasteiger partial charge in [0.2, 0.25) is 11.8 Å². The second-order valence-electron chi connectivity index (χ2n) is 8.01. The van der Waals surface area contributed by atoms with E-state index >= 15 is 0 Å². The molecule has 2 atom stereocenters. The van der Waals surface area contributed by atoms with Gasteiger partial charge in [-0.15, -0.1) is 0 Å². The van der Waals surface area contributed by atoms with Crippen LogP contribution in [0.25, 0.3) is 0 Å². The minimum absolute atomic E-state index is 0.0442. The topological polar surface area (TPSA) is 87.2 Å². The average Bonchev–Trinajstić information content (AvgIpc) is 2.94. The van der Waals surface area contributed by atoms with Crippen LogP contribution in [0.3, 0.4) is 0 Å². The minimum Gasteiger partial charge on any atom is -0.353 e. The lowest BCUT2D eigenvalue weighted by atomic mass is 9.78. The number of amides is 2. The monoisotopic (exact) mass is 357 g/mol. The summed E-state index contributed by atoms with van der Waals surface area (Å²) < 4.78 is 0. The van der Waals surface area contributed by atoms with Gasteiger partial charge in [-0.05, 0) is 51.6 Å². The zero-order valence-corrected chi connectivity index (χ0v) is 15.1. The second kappa shape index (κ2) is 7.31. The van der Waals surface area contributed by atoms with E-state index in [1.165, 1.54) is 0 Å². The maximum Gasteiger partial charge on any atom is 0.227 e. The Morgan fingerprint density at radius 3 is 2.81 bits per heavy atom. The van der Waals surface area contributed by atoms with Gasteiger partial charge in [-0.2, -0.15) is 0 Å². The third kappa shape index (κ3) is 3.72. The molecule has 3 aliphatic rings. The van der Waals surface area contributed by atoms with E-state index in [0.29, 0.717) is 12.8 Å². The summed E-state index contributed by atoms with van der Waals surface area (Å²) in [5, 5.41) is 6.28. The van der Waals surface area contributed by atoms with Gasteiger partial charge in [-0.1, -0.05) is 0 Å². The fraction of sp³-hybridized carbons (Fsp3) is 0.684. The molecule has 2 aliphatic heterocycles. The Balaban J connectivity index is 1.16. The zero-order chi connectivity index (χ0) is 18.0. The van der Waals surface area contributed by atoms with E-state index in [9.17, 15) is 9.59 Å². The standard InChI is InChI=1S/C19H27N5O2/c25-17(3-2-14-12-20-6-7-21-14)22-15-10-16(11-15)23-18(26)19-4-1-8-24(13-19)9-5-19/h6-7,12,15-16H,1-5,8-11,13H2,(H,22,25)(H,23,26). The molecular weight excluding hydrogens is 330 g/mol. The van der Waals surface area contributed by atoms with Gasteiger partial charge in [0.25, 0.3) is 0 Å². The van der Waals surface area contributed by atoms with Crippen molar-refractivity contribution in [3.63, 3.8) is 0 Å². The van der Waals surface area contributed by atoms with Crippen LogP contribution in [0.5, 0.6) is 0 Å². The third-order valence-electron chi connectivity index (χ3n) is 6.11. The Hall–Kier alpha value is -2.02. The number of piperidine rings is 1. The van der Waals surface area contributed by atoms with Crippen molar-refractivity contribution in [3.05, 3.63) is 24.3 Å². The Labute approximate surface area is 154 Å². The number of aromatic nitrogens is 2. The minimum atomic E-state index is -0.150. The van der Waals surface area contributed by atoms with Crippen molar-refractivity contribution in [1.82, 2.24) is 25.5 Å². The fourth-order valence-corrected chi connectivity index (χ4v) is 4.49. The maximum atomic E-state index is 12.7. The number of carbonyl (C=O) groups is 2. The number of hydrogen-bond acceptors (Lipinski definition) is 5. The van der Waals surface area contributed by atoms with Crippen LogP contribution in [0, 0.1) is 5.41 Å². The molecule has 7 heteroatoms. The molecule has 3 fully saturated rings. The molecule has 140 valence electrons. The molecule has 0 radical (unpaired) electrons. The first-order chi connectivity index (χ1) is 12.6. The molecule has 7 nitrogen and oxygen atoms in total. The predicted octanol–water partition coefficient (Wildman–Crippen LogP) is 0.659. The van der Waals surface area contributed by atoms with Crippen molar-refractivity contribution in [3.8, 4) is 0 Å². The summed E-state index contributed by atoms with van der Waals surface area (Å²) in [4.78, 5) is 35.4. The van der Waals surface area contributed by atoms with Gasteiger partial charge in [0.15, 0.2) is 0 Å². The molecule has 2 N–H and O–H groups in total. The molecule has 2 amide bonds. The number of carbonyl (C=O) groups excluding carboxylic acids is 2. The molecule has 2 bridgehead atoms. The maximum absolute atomic E-state index is 12.7. The highest BCUT2D eigenvalue weighted by Crippen LogP contribution is 2.40. The average molecular weight is 357 g/mol. The molecule has 1 aliphatic carbocycles. The molecule has 1 aromatic rings. The molecule has 3 heterocycles. The molecule has 2 unspecified atom stereocenters. The Morgan fingerprint density at radius 1 is 1.15 bits per heavy atom. The second-order valence-corrected chi connectivity index (χ2v) is 8.01. The van der Waals surface area contributed by atoms with Crippen molar-refractivity contribution in [2.45, 2.75) is 57.0 Å². The van der Waals surface area contributed by atoms with Crippen molar-refractivity contribution in [2.24, 2.45) is 5.41 Å². The van der Waals surface area contributed by atoms with Crippen molar-refractivity contribution >= 4 is 11.8 Å². The van der Waals surface area contributed by atoms with Crippen LogP contribution >= 0.6 is 0 Å². The molecule has 1 saturated carbocycles. The van der Waals surface area contributed by atoms with Crippen LogP contribution in [0.15, 0.2) is 18.6 Å².